The van der Waals surface area contributed by atoms with Crippen LogP contribution >= 0.6 is 12.2 Å². The average Bonchev–Trinajstić information content (AvgIpc) is 2.80. The number of thiocarbonyl (C=S) groups is 1. The zero-order valence-corrected chi connectivity index (χ0v) is 12.4. The number of hydrogen-bond acceptors (Lipinski definition) is 4. The molecule has 0 unspecified atom stereocenters. The molecule has 0 aliphatic rings. The molecule has 1 aromatic carbocycles. The number of ether oxygens (including phenoxy) is 1. The highest BCUT2D eigenvalue weighted by Gasteiger charge is 2.13. The molecule has 1 aromatic heterocycles. The number of methoxy groups -OCH3 is 1. The molecule has 0 spiro atoms. The predicted molar refractivity (Wildman–Crippen MR) is 84.7 cm³/mol. The van der Waals surface area contributed by atoms with Crippen molar-refractivity contribution in [3.8, 4) is 5.75 Å². The maximum atomic E-state index is 12.0. The average molecular weight is 305 g/mol. The number of urea groups is 1. The molecule has 0 saturated heterocycles. The van der Waals surface area contributed by atoms with Gasteiger partial charge in [0.25, 0.3) is 0 Å². The number of nitrogens with two attached hydrogens (primary N) is 1. The summed E-state index contributed by atoms with van der Waals surface area (Å²) in [6.45, 7) is 0. The molecule has 0 atom stereocenters. The SMILES string of the molecule is COc1cccc(NC(=O)Nc2c(C(N)=S)cnn2C)c1. The van der Waals surface area contributed by atoms with E-state index in [0.717, 1.165) is 0 Å². The van der Waals surface area contributed by atoms with Crippen molar-refractivity contribution in [2.75, 3.05) is 17.7 Å². The molecule has 4 N–H and O–H groups in total. The normalized spacial score (nSPS) is 10.0. The lowest BCUT2D eigenvalue weighted by molar-refractivity contribution is 0.262. The highest BCUT2D eigenvalue weighted by Crippen LogP contribution is 2.18. The van der Waals surface area contributed by atoms with E-state index in [1.54, 1.807) is 38.4 Å². The number of nitrogens with one attached hydrogen (secondary N) is 2. The molecule has 0 aliphatic heterocycles. The highest BCUT2D eigenvalue weighted by molar-refractivity contribution is 7.80. The van der Waals surface area contributed by atoms with Crippen LogP contribution in [0, 0.1) is 0 Å². The van der Waals surface area contributed by atoms with E-state index in [9.17, 15) is 4.79 Å². The van der Waals surface area contributed by atoms with E-state index < -0.39 is 6.03 Å². The van der Waals surface area contributed by atoms with Crippen molar-refractivity contribution < 1.29 is 9.53 Å². The van der Waals surface area contributed by atoms with E-state index in [-0.39, 0.29) is 4.99 Å². The third-order valence-corrected chi connectivity index (χ3v) is 2.98. The van der Waals surface area contributed by atoms with E-state index in [1.165, 1.54) is 10.9 Å². The van der Waals surface area contributed by atoms with Gasteiger partial charge in [-0.1, -0.05) is 18.3 Å². The molecule has 2 rings (SSSR count). The lowest BCUT2D eigenvalue weighted by atomic mass is 10.3. The van der Waals surface area contributed by atoms with Gasteiger partial charge in [0.1, 0.15) is 16.6 Å². The van der Waals surface area contributed by atoms with Gasteiger partial charge in [0.15, 0.2) is 0 Å². The summed E-state index contributed by atoms with van der Waals surface area (Å²) in [6, 6.07) is 6.59. The van der Waals surface area contributed by atoms with Gasteiger partial charge in [-0.3, -0.25) is 10.00 Å². The van der Waals surface area contributed by atoms with Crippen LogP contribution in [0.25, 0.3) is 0 Å². The number of nitrogens with zero attached hydrogens (tertiary/aromatic N) is 2. The molecule has 0 radical (unpaired) electrons. The minimum absolute atomic E-state index is 0.166. The molecule has 0 fully saturated rings. The molecule has 21 heavy (non-hydrogen) atoms. The Labute approximate surface area is 127 Å². The van der Waals surface area contributed by atoms with Gasteiger partial charge in [-0.05, 0) is 12.1 Å². The van der Waals surface area contributed by atoms with Gasteiger partial charge in [-0.2, -0.15) is 5.10 Å². The van der Waals surface area contributed by atoms with Crippen LogP contribution in [0.1, 0.15) is 5.56 Å². The molecular formula is C13H15N5O2S. The Kier molecular flexibility index (Phi) is 4.39. The zero-order chi connectivity index (χ0) is 15.4. The van der Waals surface area contributed by atoms with Crippen molar-refractivity contribution in [2.45, 2.75) is 0 Å². The number of carbonyl (C=O) groups excluding carboxylic acids is 1. The van der Waals surface area contributed by atoms with Crippen LogP contribution in [0.2, 0.25) is 0 Å². The Bertz CT molecular complexity index is 683. The Morgan fingerprint density at radius 2 is 2.19 bits per heavy atom. The zero-order valence-electron chi connectivity index (χ0n) is 11.6. The lowest BCUT2D eigenvalue weighted by Gasteiger charge is -2.10. The van der Waals surface area contributed by atoms with Gasteiger partial charge < -0.3 is 15.8 Å². The highest BCUT2D eigenvalue weighted by atomic mass is 32.1. The van der Waals surface area contributed by atoms with Crippen molar-refractivity contribution in [1.29, 1.82) is 0 Å². The lowest BCUT2D eigenvalue weighted by Crippen LogP contribution is -2.23. The first-order valence-corrected chi connectivity index (χ1v) is 6.46. The number of carbonyl (C=O) groups is 1. The quantitative estimate of drug-likeness (QED) is 0.748. The van der Waals surface area contributed by atoms with Gasteiger partial charge in [-0.15, -0.1) is 0 Å². The largest absolute Gasteiger partial charge is 0.497 e. The smallest absolute Gasteiger partial charge is 0.324 e. The summed E-state index contributed by atoms with van der Waals surface area (Å²) >= 11 is 4.91. The van der Waals surface area contributed by atoms with E-state index in [2.05, 4.69) is 15.7 Å². The molecule has 2 amide bonds. The summed E-state index contributed by atoms with van der Waals surface area (Å²) in [7, 11) is 3.24. The van der Waals surface area contributed by atoms with Crippen LogP contribution in [0.4, 0.5) is 16.3 Å². The van der Waals surface area contributed by atoms with Crippen molar-refractivity contribution >= 4 is 34.7 Å². The summed E-state index contributed by atoms with van der Waals surface area (Å²) in [5, 5.41) is 9.37. The third kappa shape index (κ3) is 3.48. The first-order chi connectivity index (χ1) is 10.0. The second-order valence-corrected chi connectivity index (χ2v) is 4.65. The molecule has 0 saturated carbocycles. The molecule has 110 valence electrons. The molecule has 1 heterocycles. The van der Waals surface area contributed by atoms with Crippen LogP contribution in [0.15, 0.2) is 30.5 Å². The van der Waals surface area contributed by atoms with Crippen molar-refractivity contribution in [1.82, 2.24) is 9.78 Å². The van der Waals surface area contributed by atoms with Gasteiger partial charge in [-0.25, -0.2) is 4.79 Å². The van der Waals surface area contributed by atoms with Gasteiger partial charge >= 0.3 is 6.03 Å². The summed E-state index contributed by atoms with van der Waals surface area (Å²) in [4.78, 5) is 12.2. The van der Waals surface area contributed by atoms with Crippen LogP contribution in [0.5, 0.6) is 5.75 Å². The first-order valence-electron chi connectivity index (χ1n) is 6.05. The summed E-state index contributed by atoms with van der Waals surface area (Å²) in [5.41, 5.74) is 6.69. The van der Waals surface area contributed by atoms with E-state index in [0.29, 0.717) is 22.8 Å². The summed E-state index contributed by atoms with van der Waals surface area (Å²) < 4.78 is 6.58. The molecule has 0 aliphatic carbocycles. The van der Waals surface area contributed by atoms with Crippen molar-refractivity contribution in [3.63, 3.8) is 0 Å². The molecular weight excluding hydrogens is 290 g/mol. The minimum atomic E-state index is -0.427. The fourth-order valence-electron chi connectivity index (χ4n) is 1.74. The number of aromatic nitrogens is 2. The second kappa shape index (κ2) is 6.23. The van der Waals surface area contributed by atoms with Crippen molar-refractivity contribution in [3.05, 3.63) is 36.0 Å². The fourth-order valence-corrected chi connectivity index (χ4v) is 1.89. The number of anilines is 2. The maximum absolute atomic E-state index is 12.0. The Morgan fingerprint density at radius 3 is 2.86 bits per heavy atom. The fraction of sp³-hybridized carbons (Fsp3) is 0.154. The third-order valence-electron chi connectivity index (χ3n) is 2.76. The Morgan fingerprint density at radius 1 is 1.43 bits per heavy atom. The first kappa shape index (κ1) is 14.8. The van der Waals surface area contributed by atoms with Crippen LogP contribution in [0.3, 0.4) is 0 Å². The topological polar surface area (TPSA) is 94.2 Å². The standard InChI is InChI=1S/C13H15N5O2S/c1-18-12(10(7-15-18)11(14)21)17-13(19)16-8-4-3-5-9(6-8)20-2/h3-7H,1-2H3,(H2,14,21)(H2,16,17,19). The van der Waals surface area contributed by atoms with Crippen LogP contribution in [-0.2, 0) is 7.05 Å². The Balaban J connectivity index is 2.11. The summed E-state index contributed by atoms with van der Waals surface area (Å²) in [6.07, 6.45) is 1.50. The van der Waals surface area contributed by atoms with E-state index in [1.807, 2.05) is 0 Å². The van der Waals surface area contributed by atoms with E-state index >= 15 is 0 Å². The number of amides is 2. The van der Waals surface area contributed by atoms with Crippen LogP contribution in [-0.4, -0.2) is 27.9 Å². The predicted octanol–water partition coefficient (Wildman–Crippen LogP) is 1.71. The van der Waals surface area contributed by atoms with Crippen molar-refractivity contribution in [2.24, 2.45) is 12.8 Å². The molecule has 0 bridgehead atoms. The second-order valence-electron chi connectivity index (χ2n) is 4.21. The number of benzene rings is 1. The number of aryl methyl sites for hydroxylation is 1. The monoisotopic (exact) mass is 305 g/mol. The van der Waals surface area contributed by atoms with E-state index in [4.69, 9.17) is 22.7 Å². The maximum Gasteiger partial charge on any atom is 0.324 e. The molecule has 8 heteroatoms. The number of rotatable bonds is 4. The molecule has 7 nitrogen and oxygen atoms in total. The minimum Gasteiger partial charge on any atom is -0.497 e. The van der Waals surface area contributed by atoms with Crippen LogP contribution < -0.4 is 21.1 Å². The number of hydrogen-bond donors (Lipinski definition) is 3. The van der Waals surface area contributed by atoms with Gasteiger partial charge in [0.2, 0.25) is 0 Å². The van der Waals surface area contributed by atoms with Gasteiger partial charge in [0, 0.05) is 18.8 Å². The van der Waals surface area contributed by atoms with Gasteiger partial charge in [0.05, 0.1) is 18.9 Å². The summed E-state index contributed by atoms with van der Waals surface area (Å²) in [5.74, 6) is 1.08. The Hall–Kier alpha value is -2.61. The molecule has 2 aromatic rings.